The second kappa shape index (κ2) is 9.77. The zero-order valence-electron chi connectivity index (χ0n) is 16.9. The predicted octanol–water partition coefficient (Wildman–Crippen LogP) is 4.47. The van der Waals surface area contributed by atoms with E-state index in [1.165, 1.54) is 12.1 Å². The van der Waals surface area contributed by atoms with E-state index in [-0.39, 0.29) is 11.8 Å². The summed E-state index contributed by atoms with van der Waals surface area (Å²) in [5, 5.41) is 15.0. The number of nitrogens with one attached hydrogen (secondary N) is 2. The van der Waals surface area contributed by atoms with Gasteiger partial charge >= 0.3 is 0 Å². The van der Waals surface area contributed by atoms with Gasteiger partial charge in [0.2, 0.25) is 5.91 Å². The number of halogens is 1. The van der Waals surface area contributed by atoms with Crippen LogP contribution in [0.4, 0.5) is 10.2 Å². The van der Waals surface area contributed by atoms with Crippen LogP contribution < -0.4 is 10.6 Å². The van der Waals surface area contributed by atoms with Crippen molar-refractivity contribution < 1.29 is 9.18 Å². The third-order valence-corrected chi connectivity index (χ3v) is 4.84. The van der Waals surface area contributed by atoms with Gasteiger partial charge in [0.25, 0.3) is 0 Å². The van der Waals surface area contributed by atoms with Crippen LogP contribution in [0.3, 0.4) is 0 Å². The quantitative estimate of drug-likeness (QED) is 0.611. The van der Waals surface area contributed by atoms with Crippen LogP contribution in [0.25, 0.3) is 0 Å². The number of nitriles is 1. The molecule has 2 atom stereocenters. The van der Waals surface area contributed by atoms with Crippen LogP contribution in [0.15, 0.2) is 66.9 Å². The number of carbonyl (C=O) groups excluding carboxylic acids is 1. The highest BCUT2D eigenvalue weighted by molar-refractivity contribution is 5.94. The van der Waals surface area contributed by atoms with E-state index in [1.54, 1.807) is 36.5 Å². The Morgan fingerprint density at radius 3 is 2.53 bits per heavy atom. The topological polar surface area (TPSA) is 77.8 Å². The second-order valence-corrected chi connectivity index (χ2v) is 7.24. The SMILES string of the molecule is Cc1ccc(NC(=O)C(NCC(C)c2ccc(C#N)cc2)c2cccc(F)c2)nc1. The number of hydrogen-bond donors (Lipinski definition) is 2. The van der Waals surface area contributed by atoms with Gasteiger partial charge in [0.15, 0.2) is 0 Å². The van der Waals surface area contributed by atoms with Crippen molar-refractivity contribution in [2.45, 2.75) is 25.8 Å². The molecule has 1 heterocycles. The van der Waals surface area contributed by atoms with E-state index in [0.717, 1.165) is 11.1 Å². The van der Waals surface area contributed by atoms with Crippen molar-refractivity contribution in [3.05, 3.63) is 94.9 Å². The summed E-state index contributed by atoms with van der Waals surface area (Å²) in [6.07, 6.45) is 1.67. The fraction of sp³-hybridized carbons (Fsp3) is 0.208. The van der Waals surface area contributed by atoms with E-state index < -0.39 is 11.9 Å². The maximum atomic E-state index is 13.8. The molecule has 2 aromatic carbocycles. The Labute approximate surface area is 175 Å². The molecule has 3 aromatic rings. The highest BCUT2D eigenvalue weighted by atomic mass is 19.1. The first-order chi connectivity index (χ1) is 14.5. The molecule has 0 saturated carbocycles. The van der Waals surface area contributed by atoms with Crippen molar-refractivity contribution in [2.24, 2.45) is 0 Å². The van der Waals surface area contributed by atoms with Crippen LogP contribution in [-0.2, 0) is 4.79 Å². The molecule has 2 unspecified atom stereocenters. The predicted molar refractivity (Wildman–Crippen MR) is 114 cm³/mol. The van der Waals surface area contributed by atoms with Crippen LogP contribution >= 0.6 is 0 Å². The number of amides is 1. The highest BCUT2D eigenvalue weighted by Gasteiger charge is 2.22. The number of hydrogen-bond acceptors (Lipinski definition) is 4. The molecule has 0 aliphatic carbocycles. The minimum Gasteiger partial charge on any atom is -0.309 e. The van der Waals surface area contributed by atoms with Gasteiger partial charge in [-0.2, -0.15) is 5.26 Å². The van der Waals surface area contributed by atoms with Crippen molar-refractivity contribution in [3.63, 3.8) is 0 Å². The van der Waals surface area contributed by atoms with Gasteiger partial charge in [-0.3, -0.25) is 4.79 Å². The summed E-state index contributed by atoms with van der Waals surface area (Å²) in [5.74, 6) is -0.197. The van der Waals surface area contributed by atoms with Crippen molar-refractivity contribution in [1.82, 2.24) is 10.3 Å². The molecule has 0 spiro atoms. The number of rotatable bonds is 7. The molecule has 5 nitrogen and oxygen atoms in total. The molecule has 30 heavy (non-hydrogen) atoms. The van der Waals surface area contributed by atoms with Crippen LogP contribution in [0.5, 0.6) is 0 Å². The molecule has 152 valence electrons. The minimum absolute atomic E-state index is 0.0825. The molecule has 2 N–H and O–H groups in total. The van der Waals surface area contributed by atoms with E-state index >= 15 is 0 Å². The lowest BCUT2D eigenvalue weighted by atomic mass is 9.98. The maximum absolute atomic E-state index is 13.8. The Balaban J connectivity index is 1.76. The Kier molecular flexibility index (Phi) is 6.89. The molecular formula is C24H23FN4O. The first-order valence-electron chi connectivity index (χ1n) is 9.68. The first kappa shape index (κ1) is 21.2. The van der Waals surface area contributed by atoms with Crippen molar-refractivity contribution in [2.75, 3.05) is 11.9 Å². The molecular weight excluding hydrogens is 379 g/mol. The number of nitrogens with zero attached hydrogens (tertiary/aromatic N) is 2. The molecule has 0 bridgehead atoms. The average Bonchev–Trinajstić information content (AvgIpc) is 2.75. The Morgan fingerprint density at radius 1 is 1.13 bits per heavy atom. The summed E-state index contributed by atoms with van der Waals surface area (Å²) in [7, 11) is 0. The number of pyridine rings is 1. The third kappa shape index (κ3) is 5.49. The van der Waals surface area contributed by atoms with Gasteiger partial charge in [0.1, 0.15) is 17.7 Å². The molecule has 0 aliphatic heterocycles. The van der Waals surface area contributed by atoms with Gasteiger partial charge in [-0.25, -0.2) is 9.37 Å². The fourth-order valence-corrected chi connectivity index (χ4v) is 3.09. The molecule has 0 saturated heterocycles. The van der Waals surface area contributed by atoms with Crippen molar-refractivity contribution in [3.8, 4) is 6.07 Å². The minimum atomic E-state index is -0.746. The van der Waals surface area contributed by atoms with Crippen LogP contribution in [0, 0.1) is 24.1 Å². The van der Waals surface area contributed by atoms with Gasteiger partial charge in [0, 0.05) is 12.7 Å². The summed E-state index contributed by atoms with van der Waals surface area (Å²) in [6, 6.07) is 18.3. The number of aromatic nitrogens is 1. The fourth-order valence-electron chi connectivity index (χ4n) is 3.09. The van der Waals surface area contributed by atoms with E-state index in [2.05, 4.69) is 21.7 Å². The maximum Gasteiger partial charge on any atom is 0.247 e. The van der Waals surface area contributed by atoms with Crippen LogP contribution in [0.1, 0.15) is 41.1 Å². The monoisotopic (exact) mass is 402 g/mol. The Bertz CT molecular complexity index is 1040. The van der Waals surface area contributed by atoms with E-state index in [0.29, 0.717) is 23.5 Å². The first-order valence-corrected chi connectivity index (χ1v) is 9.68. The summed E-state index contributed by atoms with van der Waals surface area (Å²) >= 11 is 0. The Morgan fingerprint density at radius 2 is 1.90 bits per heavy atom. The van der Waals surface area contributed by atoms with E-state index in [4.69, 9.17) is 5.26 Å². The average molecular weight is 402 g/mol. The zero-order valence-corrected chi connectivity index (χ0v) is 16.9. The van der Waals surface area contributed by atoms with E-state index in [9.17, 15) is 9.18 Å². The van der Waals surface area contributed by atoms with Gasteiger partial charge in [0.05, 0.1) is 11.6 Å². The van der Waals surface area contributed by atoms with Gasteiger partial charge in [-0.05, 0) is 59.9 Å². The largest absolute Gasteiger partial charge is 0.309 e. The van der Waals surface area contributed by atoms with Crippen LogP contribution in [-0.4, -0.2) is 17.4 Å². The van der Waals surface area contributed by atoms with E-state index in [1.807, 2.05) is 32.0 Å². The summed E-state index contributed by atoms with van der Waals surface area (Å²) in [4.78, 5) is 17.2. The molecule has 0 radical (unpaired) electrons. The standard InChI is InChI=1S/C24H23FN4O/c1-16-6-11-22(27-14-16)29-24(30)23(20-4-3-5-21(25)12-20)28-15-17(2)19-9-7-18(13-26)8-10-19/h3-12,14,17,23,28H,15H2,1-2H3,(H,27,29,30). The lowest BCUT2D eigenvalue weighted by Gasteiger charge is -2.21. The zero-order chi connectivity index (χ0) is 21.5. The lowest BCUT2D eigenvalue weighted by molar-refractivity contribution is -0.118. The molecule has 0 aliphatic rings. The summed E-state index contributed by atoms with van der Waals surface area (Å²) < 4.78 is 13.8. The Hall–Kier alpha value is -3.56. The lowest BCUT2D eigenvalue weighted by Crippen LogP contribution is -2.35. The van der Waals surface area contributed by atoms with Crippen molar-refractivity contribution >= 4 is 11.7 Å². The third-order valence-electron chi connectivity index (χ3n) is 4.84. The van der Waals surface area contributed by atoms with Gasteiger partial charge in [-0.15, -0.1) is 0 Å². The molecule has 1 aromatic heterocycles. The molecule has 6 heteroatoms. The number of anilines is 1. The number of benzene rings is 2. The molecule has 3 rings (SSSR count). The summed E-state index contributed by atoms with van der Waals surface area (Å²) in [6.45, 7) is 4.43. The highest BCUT2D eigenvalue weighted by Crippen LogP contribution is 2.20. The van der Waals surface area contributed by atoms with Crippen LogP contribution in [0.2, 0.25) is 0 Å². The number of aryl methyl sites for hydroxylation is 1. The number of carbonyl (C=O) groups is 1. The van der Waals surface area contributed by atoms with Gasteiger partial charge < -0.3 is 10.6 Å². The van der Waals surface area contributed by atoms with Crippen molar-refractivity contribution in [1.29, 1.82) is 5.26 Å². The molecule has 1 amide bonds. The second-order valence-electron chi connectivity index (χ2n) is 7.24. The normalized spacial score (nSPS) is 12.6. The molecule has 0 fully saturated rings. The van der Waals surface area contributed by atoms with Gasteiger partial charge in [-0.1, -0.05) is 37.3 Å². The smallest absolute Gasteiger partial charge is 0.247 e. The summed E-state index contributed by atoms with van der Waals surface area (Å²) in [5.41, 5.74) is 3.16.